The number of hydrogen-bond acceptors (Lipinski definition) is 6. The highest BCUT2D eigenvalue weighted by Gasteiger charge is 2.21. The first-order valence-corrected chi connectivity index (χ1v) is 8.34. The van der Waals surface area contributed by atoms with Crippen LogP contribution in [0.2, 0.25) is 0 Å². The molecule has 9 heteroatoms. The van der Waals surface area contributed by atoms with Crippen LogP contribution in [0.15, 0.2) is 33.8 Å². The number of nitrogens with zero attached hydrogens (tertiary/aromatic N) is 5. The van der Waals surface area contributed by atoms with Crippen molar-refractivity contribution in [3.63, 3.8) is 0 Å². The molecule has 1 saturated heterocycles. The third-order valence-electron chi connectivity index (χ3n) is 4.19. The summed E-state index contributed by atoms with van der Waals surface area (Å²) in [5.74, 6) is 2.96. The Kier molecular flexibility index (Phi) is 7.49. The zero-order chi connectivity index (χ0) is 17.6. The van der Waals surface area contributed by atoms with Crippen molar-refractivity contribution in [2.45, 2.75) is 13.5 Å². The van der Waals surface area contributed by atoms with Gasteiger partial charge < -0.3 is 24.4 Å². The van der Waals surface area contributed by atoms with Crippen molar-refractivity contribution in [1.82, 2.24) is 20.4 Å². The maximum absolute atomic E-state index is 5.47. The predicted octanol–water partition coefficient (Wildman–Crippen LogP) is 1.90. The SMILES string of the molecule is CN=C(NCc1noc(C)n1)N1CCN(c2ccccc2OC)CC1.I. The first-order valence-electron chi connectivity index (χ1n) is 8.34. The van der Waals surface area contributed by atoms with Crippen LogP contribution in [0.4, 0.5) is 5.69 Å². The van der Waals surface area contributed by atoms with Crippen molar-refractivity contribution in [3.05, 3.63) is 36.0 Å². The highest BCUT2D eigenvalue weighted by molar-refractivity contribution is 14.0. The number of aryl methyl sites for hydroxylation is 1. The summed E-state index contributed by atoms with van der Waals surface area (Å²) in [6.07, 6.45) is 0. The molecule has 0 spiro atoms. The van der Waals surface area contributed by atoms with Gasteiger partial charge in [0.2, 0.25) is 5.89 Å². The van der Waals surface area contributed by atoms with Crippen molar-refractivity contribution >= 4 is 35.6 Å². The van der Waals surface area contributed by atoms with Crippen LogP contribution in [0.25, 0.3) is 0 Å². The summed E-state index contributed by atoms with van der Waals surface area (Å²) >= 11 is 0. The predicted molar refractivity (Wildman–Crippen MR) is 111 cm³/mol. The fourth-order valence-electron chi connectivity index (χ4n) is 2.95. The van der Waals surface area contributed by atoms with Crippen LogP contribution in [0.1, 0.15) is 11.7 Å². The number of methoxy groups -OCH3 is 1. The molecule has 1 N–H and O–H groups in total. The van der Waals surface area contributed by atoms with Crippen molar-refractivity contribution in [2.24, 2.45) is 4.99 Å². The minimum Gasteiger partial charge on any atom is -0.495 e. The average molecular weight is 472 g/mol. The van der Waals surface area contributed by atoms with E-state index in [2.05, 4.69) is 36.3 Å². The van der Waals surface area contributed by atoms with Gasteiger partial charge in [0.25, 0.3) is 0 Å². The third kappa shape index (κ3) is 4.77. The van der Waals surface area contributed by atoms with E-state index >= 15 is 0 Å². The second-order valence-electron chi connectivity index (χ2n) is 5.78. The maximum Gasteiger partial charge on any atom is 0.223 e. The van der Waals surface area contributed by atoms with E-state index in [-0.39, 0.29) is 24.0 Å². The summed E-state index contributed by atoms with van der Waals surface area (Å²) in [5.41, 5.74) is 1.13. The van der Waals surface area contributed by atoms with E-state index < -0.39 is 0 Å². The number of aliphatic imine (C=N–C) groups is 1. The Morgan fingerprint density at radius 2 is 2.00 bits per heavy atom. The minimum absolute atomic E-state index is 0. The maximum atomic E-state index is 5.47. The molecule has 142 valence electrons. The Hall–Kier alpha value is -2.04. The molecule has 0 aliphatic carbocycles. The van der Waals surface area contributed by atoms with Crippen molar-refractivity contribution in [1.29, 1.82) is 0 Å². The molecule has 0 atom stereocenters. The molecule has 26 heavy (non-hydrogen) atoms. The van der Waals surface area contributed by atoms with Gasteiger partial charge in [-0.15, -0.1) is 24.0 Å². The van der Waals surface area contributed by atoms with Gasteiger partial charge in [-0.3, -0.25) is 4.99 Å². The lowest BCUT2D eigenvalue weighted by Gasteiger charge is -2.38. The van der Waals surface area contributed by atoms with Crippen LogP contribution >= 0.6 is 24.0 Å². The molecule has 2 aromatic rings. The van der Waals surface area contributed by atoms with Crippen LogP contribution in [0.3, 0.4) is 0 Å². The van der Waals surface area contributed by atoms with Gasteiger partial charge in [0, 0.05) is 40.2 Å². The van der Waals surface area contributed by atoms with Gasteiger partial charge in [0.15, 0.2) is 11.8 Å². The number of halogens is 1. The lowest BCUT2D eigenvalue weighted by molar-refractivity contribution is 0.364. The summed E-state index contributed by atoms with van der Waals surface area (Å²) in [6, 6.07) is 8.12. The first kappa shape index (κ1) is 20.3. The molecule has 1 aliphatic heterocycles. The third-order valence-corrected chi connectivity index (χ3v) is 4.19. The van der Waals surface area contributed by atoms with Crippen molar-refractivity contribution in [3.8, 4) is 5.75 Å². The number of para-hydroxylation sites is 2. The summed E-state index contributed by atoms with van der Waals surface area (Å²) in [4.78, 5) is 13.1. The highest BCUT2D eigenvalue weighted by atomic mass is 127. The zero-order valence-corrected chi connectivity index (χ0v) is 17.6. The van der Waals surface area contributed by atoms with E-state index in [0.29, 0.717) is 18.3 Å². The van der Waals surface area contributed by atoms with E-state index in [0.717, 1.165) is 43.6 Å². The molecule has 3 rings (SSSR count). The minimum atomic E-state index is 0. The molecule has 0 saturated carbocycles. The Morgan fingerprint density at radius 1 is 1.27 bits per heavy atom. The van der Waals surface area contributed by atoms with E-state index in [1.807, 2.05) is 18.2 Å². The lowest BCUT2D eigenvalue weighted by Crippen LogP contribution is -2.52. The molecule has 0 unspecified atom stereocenters. The number of rotatable bonds is 4. The van der Waals surface area contributed by atoms with Crippen LogP contribution in [-0.4, -0.2) is 61.3 Å². The highest BCUT2D eigenvalue weighted by Crippen LogP contribution is 2.28. The Labute approximate surface area is 170 Å². The molecular formula is C17H25IN6O2. The largest absolute Gasteiger partial charge is 0.495 e. The number of ether oxygens (including phenoxy) is 1. The Morgan fingerprint density at radius 3 is 2.62 bits per heavy atom. The van der Waals surface area contributed by atoms with E-state index in [4.69, 9.17) is 9.26 Å². The number of aromatic nitrogens is 2. The van der Waals surface area contributed by atoms with Gasteiger partial charge >= 0.3 is 0 Å². The summed E-state index contributed by atoms with van der Waals surface area (Å²) < 4.78 is 10.5. The van der Waals surface area contributed by atoms with Gasteiger partial charge in [-0.2, -0.15) is 4.98 Å². The van der Waals surface area contributed by atoms with Crippen LogP contribution in [0, 0.1) is 6.92 Å². The smallest absolute Gasteiger partial charge is 0.223 e. The lowest BCUT2D eigenvalue weighted by atomic mass is 10.2. The van der Waals surface area contributed by atoms with Gasteiger partial charge in [0.1, 0.15) is 5.75 Å². The molecule has 1 aromatic heterocycles. The first-order chi connectivity index (χ1) is 12.2. The number of guanidine groups is 1. The number of nitrogens with one attached hydrogen (secondary N) is 1. The van der Waals surface area contributed by atoms with Crippen LogP contribution in [0.5, 0.6) is 5.75 Å². The summed E-state index contributed by atoms with van der Waals surface area (Å²) in [7, 11) is 3.50. The van der Waals surface area contributed by atoms with Crippen molar-refractivity contribution in [2.75, 3.05) is 45.2 Å². The van der Waals surface area contributed by atoms with Gasteiger partial charge in [-0.1, -0.05) is 17.3 Å². The van der Waals surface area contributed by atoms with Crippen LogP contribution in [-0.2, 0) is 6.54 Å². The topological polar surface area (TPSA) is 79.0 Å². The summed E-state index contributed by atoms with van der Waals surface area (Å²) in [6.45, 7) is 5.84. The number of anilines is 1. The average Bonchev–Trinajstić information content (AvgIpc) is 3.08. The van der Waals surface area contributed by atoms with E-state index in [1.54, 1.807) is 21.1 Å². The molecule has 1 fully saturated rings. The monoisotopic (exact) mass is 472 g/mol. The summed E-state index contributed by atoms with van der Waals surface area (Å²) in [5, 5.41) is 7.19. The van der Waals surface area contributed by atoms with Gasteiger partial charge in [-0.05, 0) is 12.1 Å². The molecule has 2 heterocycles. The second-order valence-corrected chi connectivity index (χ2v) is 5.78. The Bertz CT molecular complexity index is 728. The normalized spacial score (nSPS) is 14.8. The fraction of sp³-hybridized carbons (Fsp3) is 0.471. The molecule has 0 bridgehead atoms. The number of benzene rings is 1. The fourth-order valence-corrected chi connectivity index (χ4v) is 2.95. The van der Waals surface area contributed by atoms with Gasteiger partial charge in [0.05, 0.1) is 19.3 Å². The van der Waals surface area contributed by atoms with E-state index in [9.17, 15) is 0 Å². The van der Waals surface area contributed by atoms with Gasteiger partial charge in [-0.25, -0.2) is 0 Å². The second kappa shape index (κ2) is 9.60. The molecule has 1 aliphatic rings. The standard InChI is InChI=1S/C17H24N6O2.HI/c1-13-20-16(21-25-13)12-19-17(18-2)23-10-8-22(9-11-23)14-6-4-5-7-15(14)24-3;/h4-7H,8-12H2,1-3H3,(H,18,19);1H. The van der Waals surface area contributed by atoms with Crippen molar-refractivity contribution < 1.29 is 9.26 Å². The molecule has 8 nitrogen and oxygen atoms in total. The zero-order valence-electron chi connectivity index (χ0n) is 15.3. The molecular weight excluding hydrogens is 447 g/mol. The number of hydrogen-bond donors (Lipinski definition) is 1. The van der Waals surface area contributed by atoms with Crippen LogP contribution < -0.4 is 15.0 Å². The molecule has 0 amide bonds. The molecule has 0 radical (unpaired) electrons. The number of piperazine rings is 1. The van der Waals surface area contributed by atoms with E-state index in [1.165, 1.54) is 0 Å². The molecule has 1 aromatic carbocycles. The quantitative estimate of drug-likeness (QED) is 0.414. The Balaban J connectivity index is 0.00000243.